The van der Waals surface area contributed by atoms with Crippen molar-refractivity contribution in [2.24, 2.45) is 0 Å². The molecule has 1 heterocycles. The SMILES string of the molecule is C=C(Cc1ncco1)c1ccccc1. The van der Waals surface area contributed by atoms with Crippen LogP contribution in [0, 0.1) is 0 Å². The predicted molar refractivity (Wildman–Crippen MR) is 55.7 cm³/mol. The Morgan fingerprint density at radius 3 is 2.71 bits per heavy atom. The summed E-state index contributed by atoms with van der Waals surface area (Å²) in [6.07, 6.45) is 3.89. The van der Waals surface area contributed by atoms with Crippen LogP contribution in [0.3, 0.4) is 0 Å². The molecule has 2 nitrogen and oxygen atoms in total. The average molecular weight is 185 g/mol. The second-order valence-corrected chi connectivity index (χ2v) is 3.07. The van der Waals surface area contributed by atoms with Crippen LogP contribution < -0.4 is 0 Å². The van der Waals surface area contributed by atoms with Gasteiger partial charge < -0.3 is 4.42 Å². The lowest BCUT2D eigenvalue weighted by atomic mass is 10.1. The number of allylic oxidation sites excluding steroid dienone is 1. The maximum atomic E-state index is 5.15. The van der Waals surface area contributed by atoms with Gasteiger partial charge in [0.2, 0.25) is 0 Å². The van der Waals surface area contributed by atoms with Crippen molar-refractivity contribution in [1.29, 1.82) is 0 Å². The lowest BCUT2D eigenvalue weighted by Crippen LogP contribution is -1.88. The molecule has 1 aromatic carbocycles. The third-order valence-electron chi connectivity index (χ3n) is 2.03. The van der Waals surface area contributed by atoms with Crippen LogP contribution in [0.5, 0.6) is 0 Å². The summed E-state index contributed by atoms with van der Waals surface area (Å²) >= 11 is 0. The first kappa shape index (κ1) is 8.75. The molecule has 1 aromatic heterocycles. The molecule has 0 radical (unpaired) electrons. The Balaban J connectivity index is 2.11. The van der Waals surface area contributed by atoms with Crippen molar-refractivity contribution in [2.75, 3.05) is 0 Å². The first-order chi connectivity index (χ1) is 6.86. The molecule has 0 fully saturated rings. The summed E-state index contributed by atoms with van der Waals surface area (Å²) in [6, 6.07) is 10.0. The number of aromatic nitrogens is 1. The molecular formula is C12H11NO. The highest BCUT2D eigenvalue weighted by atomic mass is 16.3. The van der Waals surface area contributed by atoms with E-state index in [1.165, 1.54) is 0 Å². The molecule has 0 bridgehead atoms. The Bertz CT molecular complexity index is 403. The van der Waals surface area contributed by atoms with Gasteiger partial charge in [0.15, 0.2) is 5.89 Å². The maximum Gasteiger partial charge on any atom is 0.198 e. The van der Waals surface area contributed by atoms with Gasteiger partial charge in [-0.05, 0) is 11.1 Å². The molecule has 2 aromatic rings. The zero-order chi connectivity index (χ0) is 9.80. The van der Waals surface area contributed by atoms with Crippen molar-refractivity contribution in [3.05, 3.63) is 60.8 Å². The van der Waals surface area contributed by atoms with Crippen molar-refractivity contribution < 1.29 is 4.42 Å². The fraction of sp³-hybridized carbons (Fsp3) is 0.0833. The smallest absolute Gasteiger partial charge is 0.198 e. The van der Waals surface area contributed by atoms with Crippen LogP contribution in [0.1, 0.15) is 11.5 Å². The van der Waals surface area contributed by atoms with Crippen LogP contribution >= 0.6 is 0 Å². The quantitative estimate of drug-likeness (QED) is 0.734. The van der Waals surface area contributed by atoms with Gasteiger partial charge in [-0.1, -0.05) is 36.9 Å². The molecule has 70 valence electrons. The molecule has 2 heteroatoms. The van der Waals surface area contributed by atoms with Crippen LogP contribution in [-0.4, -0.2) is 4.98 Å². The summed E-state index contributed by atoms with van der Waals surface area (Å²) in [5.41, 5.74) is 2.15. The summed E-state index contributed by atoms with van der Waals surface area (Å²) in [4.78, 5) is 4.05. The van der Waals surface area contributed by atoms with Crippen LogP contribution in [0.25, 0.3) is 5.57 Å². The zero-order valence-electron chi connectivity index (χ0n) is 7.81. The van der Waals surface area contributed by atoms with E-state index in [-0.39, 0.29) is 0 Å². The number of oxazole rings is 1. The Morgan fingerprint density at radius 1 is 1.29 bits per heavy atom. The minimum Gasteiger partial charge on any atom is -0.449 e. The van der Waals surface area contributed by atoms with E-state index in [0.29, 0.717) is 12.3 Å². The van der Waals surface area contributed by atoms with E-state index in [2.05, 4.69) is 11.6 Å². The van der Waals surface area contributed by atoms with E-state index in [9.17, 15) is 0 Å². The number of rotatable bonds is 3. The Labute approximate surface area is 82.9 Å². The lowest BCUT2D eigenvalue weighted by molar-refractivity contribution is 0.511. The van der Waals surface area contributed by atoms with Crippen LogP contribution in [0.2, 0.25) is 0 Å². The molecule has 0 saturated carbocycles. The van der Waals surface area contributed by atoms with Gasteiger partial charge in [-0.2, -0.15) is 0 Å². The molecule has 0 aliphatic carbocycles. The van der Waals surface area contributed by atoms with Gasteiger partial charge in [-0.3, -0.25) is 0 Å². The predicted octanol–water partition coefficient (Wildman–Crippen LogP) is 2.93. The number of hydrogen-bond acceptors (Lipinski definition) is 2. The largest absolute Gasteiger partial charge is 0.449 e. The fourth-order valence-corrected chi connectivity index (χ4v) is 1.30. The first-order valence-electron chi connectivity index (χ1n) is 4.48. The molecule has 0 atom stereocenters. The van der Waals surface area contributed by atoms with Gasteiger partial charge in [0, 0.05) is 6.42 Å². The standard InChI is InChI=1S/C12H11NO/c1-10(9-12-13-7-8-14-12)11-5-3-2-4-6-11/h2-8H,1,9H2. The van der Waals surface area contributed by atoms with Crippen LogP contribution in [-0.2, 0) is 6.42 Å². The van der Waals surface area contributed by atoms with E-state index in [4.69, 9.17) is 4.42 Å². The average Bonchev–Trinajstić information content (AvgIpc) is 2.72. The van der Waals surface area contributed by atoms with Gasteiger partial charge in [0.1, 0.15) is 6.26 Å². The molecule has 2 rings (SSSR count). The first-order valence-corrected chi connectivity index (χ1v) is 4.48. The van der Waals surface area contributed by atoms with Crippen molar-refractivity contribution in [3.63, 3.8) is 0 Å². The van der Waals surface area contributed by atoms with Crippen molar-refractivity contribution in [2.45, 2.75) is 6.42 Å². The number of hydrogen-bond donors (Lipinski definition) is 0. The van der Waals surface area contributed by atoms with Gasteiger partial charge in [0.05, 0.1) is 6.20 Å². The molecule has 0 aliphatic heterocycles. The molecule has 0 unspecified atom stereocenters. The van der Waals surface area contributed by atoms with Crippen molar-refractivity contribution in [1.82, 2.24) is 4.98 Å². The van der Waals surface area contributed by atoms with Crippen molar-refractivity contribution in [3.8, 4) is 0 Å². The Hall–Kier alpha value is -1.83. The highest BCUT2D eigenvalue weighted by Crippen LogP contribution is 2.16. The van der Waals surface area contributed by atoms with E-state index in [0.717, 1.165) is 11.1 Å². The monoisotopic (exact) mass is 185 g/mol. The topological polar surface area (TPSA) is 26.0 Å². The summed E-state index contributed by atoms with van der Waals surface area (Å²) in [5, 5.41) is 0. The van der Waals surface area contributed by atoms with E-state index < -0.39 is 0 Å². The van der Waals surface area contributed by atoms with E-state index in [1.54, 1.807) is 12.5 Å². The van der Waals surface area contributed by atoms with Crippen LogP contribution in [0.15, 0.2) is 53.8 Å². The second kappa shape index (κ2) is 3.92. The third-order valence-corrected chi connectivity index (χ3v) is 2.03. The summed E-state index contributed by atoms with van der Waals surface area (Å²) in [6.45, 7) is 4.00. The van der Waals surface area contributed by atoms with Gasteiger partial charge in [-0.15, -0.1) is 0 Å². The third kappa shape index (κ3) is 1.91. The minimum absolute atomic E-state index is 0.664. The molecule has 0 amide bonds. The zero-order valence-corrected chi connectivity index (χ0v) is 7.81. The highest BCUT2D eigenvalue weighted by molar-refractivity contribution is 5.64. The van der Waals surface area contributed by atoms with Crippen LogP contribution in [0.4, 0.5) is 0 Å². The minimum atomic E-state index is 0.664. The second-order valence-electron chi connectivity index (χ2n) is 3.07. The highest BCUT2D eigenvalue weighted by Gasteiger charge is 2.02. The Morgan fingerprint density at radius 2 is 2.07 bits per heavy atom. The normalized spacial score (nSPS) is 10.0. The molecule has 0 aliphatic rings. The summed E-state index contributed by atoms with van der Waals surface area (Å²) < 4.78 is 5.15. The Kier molecular flexibility index (Phi) is 2.45. The molecular weight excluding hydrogens is 174 g/mol. The molecule has 0 N–H and O–H groups in total. The molecule has 0 saturated heterocycles. The lowest BCUT2D eigenvalue weighted by Gasteiger charge is -2.01. The fourth-order valence-electron chi connectivity index (χ4n) is 1.30. The molecule has 14 heavy (non-hydrogen) atoms. The van der Waals surface area contributed by atoms with E-state index >= 15 is 0 Å². The van der Waals surface area contributed by atoms with E-state index in [1.807, 2.05) is 30.3 Å². The summed E-state index contributed by atoms with van der Waals surface area (Å²) in [7, 11) is 0. The van der Waals surface area contributed by atoms with Gasteiger partial charge >= 0.3 is 0 Å². The van der Waals surface area contributed by atoms with Crippen molar-refractivity contribution >= 4 is 5.57 Å². The number of benzene rings is 1. The molecule has 0 spiro atoms. The van der Waals surface area contributed by atoms with Gasteiger partial charge in [-0.25, -0.2) is 4.98 Å². The maximum absolute atomic E-state index is 5.15. The van der Waals surface area contributed by atoms with Gasteiger partial charge in [0.25, 0.3) is 0 Å². The summed E-state index contributed by atoms with van der Waals surface area (Å²) in [5.74, 6) is 0.707. The number of nitrogens with zero attached hydrogens (tertiary/aromatic N) is 1.